The largest absolute Gasteiger partial charge is 0.497 e. The second-order valence-corrected chi connectivity index (χ2v) is 4.35. The van der Waals surface area contributed by atoms with Crippen LogP contribution in [0.3, 0.4) is 0 Å². The zero-order valence-electron chi connectivity index (χ0n) is 11.9. The van der Waals surface area contributed by atoms with Crippen LogP contribution in [0.25, 0.3) is 0 Å². The number of methoxy groups -OCH3 is 1. The summed E-state index contributed by atoms with van der Waals surface area (Å²) in [5, 5.41) is 9.12. The maximum absolute atomic E-state index is 11.1. The van der Waals surface area contributed by atoms with Crippen molar-refractivity contribution in [2.75, 3.05) is 13.7 Å². The number of hydrogen-bond donors (Lipinski definition) is 3. The highest BCUT2D eigenvalue weighted by Crippen LogP contribution is 2.10. The van der Waals surface area contributed by atoms with Crippen LogP contribution in [0.4, 0.5) is 0 Å². The van der Waals surface area contributed by atoms with E-state index >= 15 is 0 Å². The summed E-state index contributed by atoms with van der Waals surface area (Å²) in [5.74, 6) is -0.229. The van der Waals surface area contributed by atoms with Gasteiger partial charge >= 0.3 is 5.97 Å². The summed E-state index contributed by atoms with van der Waals surface area (Å²) in [6.07, 6.45) is 2.46. The lowest BCUT2D eigenvalue weighted by molar-refractivity contribution is -0.138. The Morgan fingerprint density at radius 1 is 1.38 bits per heavy atom. The monoisotopic (exact) mass is 292 g/mol. The van der Waals surface area contributed by atoms with Gasteiger partial charge in [-0.15, -0.1) is 0 Å². The van der Waals surface area contributed by atoms with Gasteiger partial charge in [0.2, 0.25) is 0 Å². The quantitative estimate of drug-likeness (QED) is 0.368. The van der Waals surface area contributed by atoms with Crippen molar-refractivity contribution in [3.05, 3.63) is 29.8 Å². The fourth-order valence-electron chi connectivity index (χ4n) is 1.62. The summed E-state index contributed by atoms with van der Waals surface area (Å²) in [6, 6.07) is 6.38. The Morgan fingerprint density at radius 2 is 2.05 bits per heavy atom. The number of carboxylic acid groups (broad SMARTS) is 1. The van der Waals surface area contributed by atoms with Crippen molar-refractivity contribution in [2.45, 2.75) is 18.9 Å². The summed E-state index contributed by atoms with van der Waals surface area (Å²) >= 11 is 0. The fraction of sp³-hybridized carbons (Fsp3) is 0.357. The Morgan fingerprint density at radius 3 is 2.57 bits per heavy atom. The van der Waals surface area contributed by atoms with E-state index in [1.807, 2.05) is 0 Å². The Labute approximate surface area is 123 Å². The molecule has 0 saturated heterocycles. The number of aliphatic carboxylic acids is 1. The number of guanidine groups is 1. The molecule has 0 amide bonds. The lowest BCUT2D eigenvalue weighted by atomic mass is 10.1. The number of carbonyl (C=O) groups is 1. The van der Waals surface area contributed by atoms with Gasteiger partial charge in [-0.25, -0.2) is 4.79 Å². The second kappa shape index (κ2) is 8.57. The first-order valence-electron chi connectivity index (χ1n) is 6.48. The van der Waals surface area contributed by atoms with E-state index < -0.39 is 12.0 Å². The second-order valence-electron chi connectivity index (χ2n) is 4.35. The smallest absolute Gasteiger partial charge is 0.328 e. The molecule has 0 aliphatic rings. The number of hydrogen-bond acceptors (Lipinski definition) is 4. The van der Waals surface area contributed by atoms with E-state index in [1.54, 1.807) is 37.6 Å². The lowest BCUT2D eigenvalue weighted by Crippen LogP contribution is -2.23. The van der Waals surface area contributed by atoms with Crippen LogP contribution in [0.2, 0.25) is 0 Å². The van der Waals surface area contributed by atoms with Crippen LogP contribution >= 0.6 is 0 Å². The van der Waals surface area contributed by atoms with E-state index in [1.165, 1.54) is 0 Å². The Hall–Kier alpha value is -2.57. The van der Waals surface area contributed by atoms with Crippen LogP contribution in [-0.4, -0.2) is 42.9 Å². The minimum Gasteiger partial charge on any atom is -0.497 e. The number of rotatable bonds is 8. The molecule has 0 saturated carbocycles. The maximum atomic E-state index is 11.1. The predicted molar refractivity (Wildman–Crippen MR) is 81.9 cm³/mol. The van der Waals surface area contributed by atoms with Crippen LogP contribution in [0, 0.1) is 0 Å². The third kappa shape index (κ3) is 6.42. The minimum atomic E-state index is -0.968. The molecule has 1 unspecified atom stereocenters. The third-order valence-electron chi connectivity index (χ3n) is 2.73. The number of benzene rings is 1. The molecule has 0 aliphatic heterocycles. The van der Waals surface area contributed by atoms with Crippen LogP contribution < -0.4 is 16.2 Å². The van der Waals surface area contributed by atoms with Crippen LogP contribution in [-0.2, 0) is 4.79 Å². The van der Waals surface area contributed by atoms with Crippen molar-refractivity contribution >= 4 is 18.1 Å². The average Bonchev–Trinajstić information content (AvgIpc) is 2.46. The highest BCUT2D eigenvalue weighted by atomic mass is 16.5. The van der Waals surface area contributed by atoms with Gasteiger partial charge in [0.05, 0.1) is 7.11 Å². The molecule has 5 N–H and O–H groups in total. The molecule has 1 rings (SSSR count). The molecule has 1 aromatic carbocycles. The van der Waals surface area contributed by atoms with Crippen LogP contribution in [0.15, 0.2) is 34.3 Å². The van der Waals surface area contributed by atoms with Gasteiger partial charge in [-0.1, -0.05) is 0 Å². The van der Waals surface area contributed by atoms with E-state index in [-0.39, 0.29) is 5.96 Å². The molecule has 0 aromatic heterocycles. The van der Waals surface area contributed by atoms with E-state index in [0.29, 0.717) is 19.4 Å². The molecule has 1 atom stereocenters. The molecule has 0 fully saturated rings. The first kappa shape index (κ1) is 16.5. The first-order chi connectivity index (χ1) is 10.0. The average molecular weight is 292 g/mol. The van der Waals surface area contributed by atoms with E-state index in [2.05, 4.69) is 9.98 Å². The summed E-state index contributed by atoms with van der Waals surface area (Å²) < 4.78 is 5.05. The molecule has 0 radical (unpaired) electrons. The van der Waals surface area contributed by atoms with Crippen molar-refractivity contribution in [3.63, 3.8) is 0 Å². The normalized spacial score (nSPS) is 12.0. The van der Waals surface area contributed by atoms with Gasteiger partial charge < -0.3 is 21.3 Å². The van der Waals surface area contributed by atoms with Gasteiger partial charge in [0.1, 0.15) is 11.8 Å². The van der Waals surface area contributed by atoms with E-state index in [4.69, 9.17) is 21.3 Å². The van der Waals surface area contributed by atoms with Gasteiger partial charge in [0.25, 0.3) is 0 Å². The molecule has 1 aromatic rings. The van der Waals surface area contributed by atoms with Gasteiger partial charge in [0.15, 0.2) is 5.96 Å². The van der Waals surface area contributed by atoms with Gasteiger partial charge in [-0.3, -0.25) is 9.98 Å². The summed E-state index contributed by atoms with van der Waals surface area (Å²) in [6.45, 7) is 0.393. The van der Waals surface area contributed by atoms with Crippen molar-refractivity contribution in [3.8, 4) is 5.75 Å². The zero-order valence-corrected chi connectivity index (χ0v) is 11.9. The van der Waals surface area contributed by atoms with E-state index in [9.17, 15) is 4.79 Å². The van der Waals surface area contributed by atoms with Gasteiger partial charge in [0, 0.05) is 12.8 Å². The highest BCUT2D eigenvalue weighted by Gasteiger charge is 2.14. The number of nitrogens with zero attached hydrogens (tertiary/aromatic N) is 2. The molecule has 0 spiro atoms. The Bertz CT molecular complexity index is 507. The number of ether oxygens (including phenoxy) is 1. The molecular weight excluding hydrogens is 272 g/mol. The molecule has 0 heterocycles. The lowest BCUT2D eigenvalue weighted by Gasteiger charge is -2.06. The predicted octanol–water partition coefficient (Wildman–Crippen LogP) is 0.621. The SMILES string of the molecule is COc1ccc(C=NC(CCCN=C(N)N)C(=O)O)cc1. The summed E-state index contributed by atoms with van der Waals surface area (Å²) in [5.41, 5.74) is 11.2. The molecule has 0 bridgehead atoms. The standard InChI is InChI=1S/C14H20N4O3/c1-21-11-6-4-10(5-7-11)9-18-12(13(19)20)3-2-8-17-14(15)16/h4-7,9,12H,2-3,8H2,1H3,(H,19,20)(H4,15,16,17). The minimum absolute atomic E-state index is 0.00334. The van der Waals surface area contributed by atoms with Crippen molar-refractivity contribution in [1.29, 1.82) is 0 Å². The van der Waals surface area contributed by atoms with Crippen molar-refractivity contribution in [2.24, 2.45) is 21.5 Å². The number of carboxylic acids is 1. The first-order valence-corrected chi connectivity index (χ1v) is 6.48. The van der Waals surface area contributed by atoms with Crippen LogP contribution in [0.1, 0.15) is 18.4 Å². The van der Waals surface area contributed by atoms with Crippen molar-refractivity contribution in [1.82, 2.24) is 0 Å². The summed E-state index contributed by atoms with van der Waals surface area (Å²) in [4.78, 5) is 19.0. The Balaban J connectivity index is 2.58. The molecule has 7 nitrogen and oxygen atoms in total. The molecular formula is C14H20N4O3. The van der Waals surface area contributed by atoms with Crippen molar-refractivity contribution < 1.29 is 14.6 Å². The number of nitrogens with two attached hydrogens (primary N) is 2. The third-order valence-corrected chi connectivity index (χ3v) is 2.73. The molecule has 0 aliphatic carbocycles. The molecule has 21 heavy (non-hydrogen) atoms. The summed E-state index contributed by atoms with van der Waals surface area (Å²) in [7, 11) is 1.58. The maximum Gasteiger partial charge on any atom is 0.328 e. The van der Waals surface area contributed by atoms with Gasteiger partial charge in [-0.2, -0.15) is 0 Å². The van der Waals surface area contributed by atoms with Gasteiger partial charge in [-0.05, 0) is 42.7 Å². The van der Waals surface area contributed by atoms with E-state index in [0.717, 1.165) is 11.3 Å². The zero-order chi connectivity index (χ0) is 15.7. The number of aliphatic imine (C=N–C) groups is 2. The topological polar surface area (TPSA) is 123 Å². The molecule has 114 valence electrons. The fourth-order valence-corrected chi connectivity index (χ4v) is 1.62. The Kier molecular flexibility index (Phi) is 6.73. The molecule has 7 heteroatoms. The highest BCUT2D eigenvalue weighted by molar-refractivity contribution is 5.83. The van der Waals surface area contributed by atoms with Crippen LogP contribution in [0.5, 0.6) is 5.75 Å².